The molecule has 318 valence electrons. The summed E-state index contributed by atoms with van der Waals surface area (Å²) in [5.41, 5.74) is 0.186. The van der Waals surface area contributed by atoms with Gasteiger partial charge in [-0.1, -0.05) is 112 Å². The number of nitrogens with zero attached hydrogens (tertiary/aromatic N) is 3. The van der Waals surface area contributed by atoms with Crippen LogP contribution in [-0.2, 0) is 14.3 Å². The number of aromatic nitrogens is 1. The molecule has 1 aromatic carbocycles. The van der Waals surface area contributed by atoms with Crippen molar-refractivity contribution in [2.75, 3.05) is 25.5 Å². The SMILES string of the molecule is CC(C(=O)NC(C(=O)N1CCC[C@H]1c1nc(C(=O)c2cccc(OCCCCCCCCCCCCCCBr)c2)cs1)C1CCCCC1)N(C)C(=O)OC(C)(C)C. The van der Waals surface area contributed by atoms with Gasteiger partial charge in [0.2, 0.25) is 17.6 Å². The maximum absolute atomic E-state index is 14.4. The van der Waals surface area contributed by atoms with E-state index in [1.165, 1.54) is 87.5 Å². The van der Waals surface area contributed by atoms with Crippen molar-refractivity contribution in [3.8, 4) is 5.75 Å². The second kappa shape index (κ2) is 24.2. The van der Waals surface area contributed by atoms with E-state index in [1.807, 2.05) is 17.0 Å². The van der Waals surface area contributed by atoms with Crippen LogP contribution in [0.1, 0.15) is 177 Å². The molecule has 10 nitrogen and oxygen atoms in total. The highest BCUT2D eigenvalue weighted by molar-refractivity contribution is 9.09. The number of amides is 3. The minimum atomic E-state index is -0.831. The summed E-state index contributed by atoms with van der Waals surface area (Å²) in [6, 6.07) is 5.51. The summed E-state index contributed by atoms with van der Waals surface area (Å²) in [5, 5.41) is 6.70. The highest BCUT2D eigenvalue weighted by Gasteiger charge is 2.41. The standard InChI is InChI=1S/C45H69BrN4O6S/c1-33(49(5)44(54)56-45(2,3)4)41(52)48-39(34-23-17-16-18-24-34)43(53)50-29-22-27-38(50)42-47-37(32-57-42)40(51)35-25-21-26-36(31-35)55-30-20-15-13-11-9-7-6-8-10-12-14-19-28-46/h21,25-26,31-34,38-39H,6-20,22-24,27-30H2,1-5H3,(H,48,52)/t33?,38-,39?/m0/s1. The highest BCUT2D eigenvalue weighted by atomic mass is 79.9. The van der Waals surface area contributed by atoms with Gasteiger partial charge in [0.15, 0.2) is 0 Å². The van der Waals surface area contributed by atoms with Crippen molar-refractivity contribution in [1.29, 1.82) is 0 Å². The zero-order valence-corrected chi connectivity index (χ0v) is 37.7. The van der Waals surface area contributed by atoms with E-state index in [9.17, 15) is 19.2 Å². The number of ketones is 1. The number of carbonyl (C=O) groups excluding carboxylic acids is 4. The molecular formula is C45H69BrN4O6S. The Bertz CT molecular complexity index is 1560. The molecule has 2 heterocycles. The van der Waals surface area contributed by atoms with Crippen LogP contribution in [0.15, 0.2) is 29.6 Å². The molecule has 1 aliphatic heterocycles. The number of nitrogens with one attached hydrogen (secondary N) is 1. The van der Waals surface area contributed by atoms with Gasteiger partial charge in [-0.2, -0.15) is 0 Å². The van der Waals surface area contributed by atoms with E-state index in [0.29, 0.717) is 30.2 Å². The van der Waals surface area contributed by atoms with Crippen molar-refractivity contribution in [3.63, 3.8) is 0 Å². The van der Waals surface area contributed by atoms with Crippen LogP contribution < -0.4 is 10.1 Å². The Balaban J connectivity index is 1.29. The molecule has 1 N–H and O–H groups in total. The monoisotopic (exact) mass is 872 g/mol. The van der Waals surface area contributed by atoms with Gasteiger partial charge in [0, 0.05) is 29.9 Å². The van der Waals surface area contributed by atoms with Crippen molar-refractivity contribution in [3.05, 3.63) is 45.9 Å². The third-order valence-corrected chi connectivity index (χ3v) is 12.8. The fraction of sp³-hybridized carbons (Fsp3) is 0.711. The second-order valence-electron chi connectivity index (χ2n) is 17.0. The largest absolute Gasteiger partial charge is 0.494 e. The third-order valence-electron chi connectivity index (χ3n) is 11.3. The molecule has 0 spiro atoms. The Kier molecular flexibility index (Phi) is 19.8. The lowest BCUT2D eigenvalue weighted by Gasteiger charge is -2.36. The van der Waals surface area contributed by atoms with E-state index in [2.05, 4.69) is 21.2 Å². The van der Waals surface area contributed by atoms with Crippen LogP contribution in [0.5, 0.6) is 5.75 Å². The van der Waals surface area contributed by atoms with E-state index >= 15 is 0 Å². The van der Waals surface area contributed by atoms with Crippen LogP contribution in [0.2, 0.25) is 0 Å². The smallest absolute Gasteiger partial charge is 0.410 e. The highest BCUT2D eigenvalue weighted by Crippen LogP contribution is 2.37. The van der Waals surface area contributed by atoms with Gasteiger partial charge in [0.1, 0.15) is 34.1 Å². The van der Waals surface area contributed by atoms with E-state index in [1.54, 1.807) is 45.2 Å². The minimum Gasteiger partial charge on any atom is -0.494 e. The number of ether oxygens (including phenoxy) is 2. The average Bonchev–Trinajstić information content (AvgIpc) is 3.89. The minimum absolute atomic E-state index is 0.00177. The van der Waals surface area contributed by atoms with Crippen LogP contribution in [0, 0.1) is 5.92 Å². The lowest BCUT2D eigenvalue weighted by molar-refractivity contribution is -0.140. The Morgan fingerprint density at radius 1 is 0.912 bits per heavy atom. The van der Waals surface area contributed by atoms with Crippen molar-refractivity contribution in [2.45, 2.75) is 173 Å². The molecule has 1 aromatic heterocycles. The Morgan fingerprint density at radius 2 is 1.54 bits per heavy atom. The van der Waals surface area contributed by atoms with E-state index in [4.69, 9.17) is 14.5 Å². The molecule has 1 aliphatic carbocycles. The number of unbranched alkanes of at least 4 members (excludes halogenated alkanes) is 11. The Labute approximate surface area is 354 Å². The molecule has 2 fully saturated rings. The van der Waals surface area contributed by atoms with Crippen LogP contribution >= 0.6 is 27.3 Å². The lowest BCUT2D eigenvalue weighted by Crippen LogP contribution is -2.56. The van der Waals surface area contributed by atoms with Crippen LogP contribution in [0.3, 0.4) is 0 Å². The molecule has 1 saturated carbocycles. The van der Waals surface area contributed by atoms with Gasteiger partial charge in [-0.05, 0) is 84.3 Å². The molecule has 1 saturated heterocycles. The summed E-state index contributed by atoms with van der Waals surface area (Å²) in [5.74, 6) is -0.00243. The fourth-order valence-electron chi connectivity index (χ4n) is 7.83. The summed E-state index contributed by atoms with van der Waals surface area (Å²) >= 11 is 4.91. The summed E-state index contributed by atoms with van der Waals surface area (Å²) in [4.78, 5) is 62.3. The number of benzene rings is 1. The quantitative estimate of drug-likeness (QED) is 0.0671. The van der Waals surface area contributed by atoms with E-state index in [-0.39, 0.29) is 29.6 Å². The first-order valence-electron chi connectivity index (χ1n) is 21.7. The number of halogens is 1. The zero-order valence-electron chi connectivity index (χ0n) is 35.3. The van der Waals surface area contributed by atoms with Crippen molar-refractivity contribution in [2.24, 2.45) is 5.92 Å². The molecule has 2 aliphatic rings. The van der Waals surface area contributed by atoms with Gasteiger partial charge in [0.05, 0.1) is 12.6 Å². The van der Waals surface area contributed by atoms with Crippen LogP contribution in [-0.4, -0.2) is 81.7 Å². The number of carbonyl (C=O) groups is 4. The normalized spacial score (nSPS) is 17.2. The summed E-state index contributed by atoms with van der Waals surface area (Å²) < 4.78 is 11.5. The van der Waals surface area contributed by atoms with Gasteiger partial charge in [-0.25, -0.2) is 9.78 Å². The summed E-state index contributed by atoms with van der Waals surface area (Å²) in [7, 11) is 1.54. The molecule has 12 heteroatoms. The van der Waals surface area contributed by atoms with Crippen molar-refractivity contribution < 1.29 is 28.7 Å². The number of rotatable bonds is 23. The summed E-state index contributed by atoms with van der Waals surface area (Å²) in [6.07, 6.45) is 21.1. The first kappa shape index (κ1) is 46.7. The predicted molar refractivity (Wildman–Crippen MR) is 232 cm³/mol. The second-order valence-corrected chi connectivity index (χ2v) is 18.7. The zero-order chi connectivity index (χ0) is 41.2. The molecular weight excluding hydrogens is 804 g/mol. The molecule has 3 amide bonds. The first-order chi connectivity index (χ1) is 27.4. The molecule has 4 rings (SSSR count). The number of likely N-dealkylation sites (tertiary alicyclic amines) is 1. The molecule has 0 bridgehead atoms. The van der Waals surface area contributed by atoms with E-state index < -0.39 is 23.8 Å². The van der Waals surface area contributed by atoms with Gasteiger partial charge in [0.25, 0.3) is 0 Å². The molecule has 2 unspecified atom stereocenters. The third kappa shape index (κ3) is 15.3. The average molecular weight is 874 g/mol. The Morgan fingerprint density at radius 3 is 2.18 bits per heavy atom. The van der Waals surface area contributed by atoms with Gasteiger partial charge in [-0.3, -0.25) is 19.3 Å². The van der Waals surface area contributed by atoms with Crippen molar-refractivity contribution >= 4 is 51.0 Å². The van der Waals surface area contributed by atoms with Gasteiger partial charge >= 0.3 is 6.09 Å². The maximum atomic E-state index is 14.4. The Hall–Kier alpha value is -2.99. The first-order valence-corrected chi connectivity index (χ1v) is 23.8. The number of thiazole rings is 1. The van der Waals surface area contributed by atoms with Gasteiger partial charge < -0.3 is 19.7 Å². The van der Waals surface area contributed by atoms with Gasteiger partial charge in [-0.15, -0.1) is 11.3 Å². The van der Waals surface area contributed by atoms with Crippen molar-refractivity contribution in [1.82, 2.24) is 20.1 Å². The molecule has 3 atom stereocenters. The number of likely N-dealkylation sites (N-methyl/N-ethyl adjacent to an activating group) is 1. The fourth-order valence-corrected chi connectivity index (χ4v) is 9.17. The predicted octanol–water partition coefficient (Wildman–Crippen LogP) is 10.8. The number of hydrogen-bond acceptors (Lipinski definition) is 8. The molecule has 0 radical (unpaired) electrons. The number of hydrogen-bond donors (Lipinski definition) is 1. The van der Waals surface area contributed by atoms with Crippen LogP contribution in [0.25, 0.3) is 0 Å². The lowest BCUT2D eigenvalue weighted by atomic mass is 9.83. The summed E-state index contributed by atoms with van der Waals surface area (Å²) in [6.45, 7) is 8.17. The molecule has 57 heavy (non-hydrogen) atoms. The van der Waals surface area contributed by atoms with Crippen LogP contribution in [0.4, 0.5) is 4.79 Å². The molecule has 2 aromatic rings. The maximum Gasteiger partial charge on any atom is 0.410 e. The van der Waals surface area contributed by atoms with E-state index in [0.717, 1.165) is 68.1 Å². The number of alkyl halides is 1. The topological polar surface area (TPSA) is 118 Å².